The minimum Gasteiger partial charge on any atom is -0.493 e. The molecule has 0 aromatic carbocycles. The van der Waals surface area contributed by atoms with Crippen molar-refractivity contribution in [3.63, 3.8) is 0 Å². The molecule has 1 aliphatic heterocycles. The van der Waals surface area contributed by atoms with Crippen LogP contribution in [0.5, 0.6) is 5.75 Å². The predicted molar refractivity (Wildman–Crippen MR) is 84.0 cm³/mol. The van der Waals surface area contributed by atoms with E-state index in [1.165, 1.54) is 19.3 Å². The lowest BCUT2D eigenvalue weighted by molar-refractivity contribution is 0.0570. The smallest absolute Gasteiger partial charge is 0.161 e. The van der Waals surface area contributed by atoms with E-state index in [4.69, 9.17) is 10.6 Å². The molecule has 1 saturated heterocycles. The van der Waals surface area contributed by atoms with Crippen LogP contribution in [0, 0.1) is 0 Å². The first-order chi connectivity index (χ1) is 10.1. The fourth-order valence-electron chi connectivity index (χ4n) is 3.35. The molecule has 1 atom stereocenters. The molecule has 1 unspecified atom stereocenters. The number of nitrogens with two attached hydrogens (primary N) is 1. The summed E-state index contributed by atoms with van der Waals surface area (Å²) < 4.78 is 7.46. The highest BCUT2D eigenvalue weighted by Gasteiger charge is 2.39. The monoisotopic (exact) mass is 295 g/mol. The van der Waals surface area contributed by atoms with Crippen molar-refractivity contribution in [2.24, 2.45) is 5.84 Å². The topological polar surface area (TPSA) is 68.3 Å². The summed E-state index contributed by atoms with van der Waals surface area (Å²) >= 11 is 0. The van der Waals surface area contributed by atoms with Gasteiger partial charge in [0, 0.05) is 12.1 Å². The van der Waals surface area contributed by atoms with E-state index in [0.717, 1.165) is 31.1 Å². The SMILES string of the molecule is CCn1ncc(OC)c1C(NN)C(C)(C)N1CCCCC1. The number of hydrogen-bond donors (Lipinski definition) is 2. The molecule has 0 radical (unpaired) electrons. The number of hydrazine groups is 1. The Morgan fingerprint density at radius 1 is 1.38 bits per heavy atom. The van der Waals surface area contributed by atoms with E-state index in [9.17, 15) is 0 Å². The van der Waals surface area contributed by atoms with Crippen LogP contribution in [-0.2, 0) is 6.54 Å². The maximum absolute atomic E-state index is 5.93. The zero-order valence-corrected chi connectivity index (χ0v) is 13.7. The van der Waals surface area contributed by atoms with Crippen molar-refractivity contribution < 1.29 is 4.74 Å². The number of aryl methyl sites for hydroxylation is 1. The highest BCUT2D eigenvalue weighted by atomic mass is 16.5. The minimum absolute atomic E-state index is 0.0343. The molecule has 1 aromatic heterocycles. The highest BCUT2D eigenvalue weighted by molar-refractivity contribution is 5.31. The number of rotatable bonds is 6. The third-order valence-electron chi connectivity index (χ3n) is 4.68. The summed E-state index contributed by atoms with van der Waals surface area (Å²) in [6.45, 7) is 9.61. The molecule has 0 bridgehead atoms. The molecule has 6 heteroatoms. The number of methoxy groups -OCH3 is 1. The second kappa shape index (κ2) is 6.77. The molecule has 1 aliphatic rings. The predicted octanol–water partition coefficient (Wildman–Crippen LogP) is 1.68. The first-order valence-corrected chi connectivity index (χ1v) is 7.87. The fourth-order valence-corrected chi connectivity index (χ4v) is 3.35. The van der Waals surface area contributed by atoms with Gasteiger partial charge in [0.2, 0.25) is 0 Å². The van der Waals surface area contributed by atoms with Gasteiger partial charge in [-0.3, -0.25) is 15.4 Å². The highest BCUT2D eigenvalue weighted by Crippen LogP contribution is 2.36. The summed E-state index contributed by atoms with van der Waals surface area (Å²) in [5, 5.41) is 4.41. The standard InChI is InChI=1S/C15H29N5O/c1-5-20-13(12(21-4)11-17-20)14(18-16)15(2,3)19-9-7-6-8-10-19/h11,14,18H,5-10,16H2,1-4H3. The van der Waals surface area contributed by atoms with Crippen LogP contribution in [-0.4, -0.2) is 40.4 Å². The molecule has 120 valence electrons. The van der Waals surface area contributed by atoms with E-state index in [2.05, 4.69) is 36.2 Å². The molecular formula is C15H29N5O. The molecule has 2 rings (SSSR count). The summed E-state index contributed by atoms with van der Waals surface area (Å²) in [7, 11) is 1.68. The van der Waals surface area contributed by atoms with Gasteiger partial charge in [-0.25, -0.2) is 5.43 Å². The van der Waals surface area contributed by atoms with Crippen molar-refractivity contribution in [3.8, 4) is 5.75 Å². The van der Waals surface area contributed by atoms with Gasteiger partial charge in [0.05, 0.1) is 19.3 Å². The summed E-state index contributed by atoms with van der Waals surface area (Å²) in [5.41, 5.74) is 3.93. The van der Waals surface area contributed by atoms with Gasteiger partial charge in [0.15, 0.2) is 5.75 Å². The third kappa shape index (κ3) is 3.07. The Balaban J connectivity index is 2.35. The summed E-state index contributed by atoms with van der Waals surface area (Å²) in [6.07, 6.45) is 5.61. The Labute approximate surface area is 127 Å². The van der Waals surface area contributed by atoms with Crippen LogP contribution in [0.4, 0.5) is 0 Å². The van der Waals surface area contributed by atoms with Crippen molar-refractivity contribution in [1.82, 2.24) is 20.1 Å². The first-order valence-electron chi connectivity index (χ1n) is 7.87. The summed E-state index contributed by atoms with van der Waals surface area (Å²) in [4.78, 5) is 2.52. The first kappa shape index (κ1) is 16.3. The zero-order chi connectivity index (χ0) is 15.5. The average Bonchev–Trinajstić information content (AvgIpc) is 2.91. The lowest BCUT2D eigenvalue weighted by atomic mass is 9.88. The van der Waals surface area contributed by atoms with Crippen molar-refractivity contribution in [1.29, 1.82) is 0 Å². The second-order valence-corrected chi connectivity index (χ2v) is 6.21. The van der Waals surface area contributed by atoms with Crippen LogP contribution in [0.15, 0.2) is 6.20 Å². The molecule has 2 heterocycles. The maximum Gasteiger partial charge on any atom is 0.161 e. The lowest BCUT2D eigenvalue weighted by Crippen LogP contribution is -2.56. The van der Waals surface area contributed by atoms with Crippen molar-refractivity contribution in [2.75, 3.05) is 20.2 Å². The van der Waals surface area contributed by atoms with Gasteiger partial charge >= 0.3 is 0 Å². The Morgan fingerprint density at radius 2 is 2.05 bits per heavy atom. The Hall–Kier alpha value is -1.11. The minimum atomic E-state index is -0.102. The van der Waals surface area contributed by atoms with Crippen LogP contribution in [0.1, 0.15) is 51.8 Å². The van der Waals surface area contributed by atoms with E-state index in [0.29, 0.717) is 0 Å². The average molecular weight is 295 g/mol. The van der Waals surface area contributed by atoms with E-state index < -0.39 is 0 Å². The van der Waals surface area contributed by atoms with Crippen LogP contribution in [0.25, 0.3) is 0 Å². The van der Waals surface area contributed by atoms with Gasteiger partial charge in [0.1, 0.15) is 5.69 Å². The maximum atomic E-state index is 5.93. The Bertz CT molecular complexity index is 429. The number of likely N-dealkylation sites (tertiary alicyclic amines) is 1. The fraction of sp³-hybridized carbons (Fsp3) is 0.800. The largest absolute Gasteiger partial charge is 0.493 e. The molecular weight excluding hydrogens is 266 g/mol. The van der Waals surface area contributed by atoms with Crippen LogP contribution in [0.3, 0.4) is 0 Å². The normalized spacial score (nSPS) is 18.7. The van der Waals surface area contributed by atoms with Crippen molar-refractivity contribution in [2.45, 2.75) is 58.2 Å². The van der Waals surface area contributed by atoms with Gasteiger partial charge in [-0.2, -0.15) is 5.10 Å². The number of aromatic nitrogens is 2. The number of nitrogens with one attached hydrogen (secondary N) is 1. The second-order valence-electron chi connectivity index (χ2n) is 6.21. The molecule has 6 nitrogen and oxygen atoms in total. The number of hydrogen-bond acceptors (Lipinski definition) is 5. The summed E-state index contributed by atoms with van der Waals surface area (Å²) in [5.74, 6) is 6.73. The van der Waals surface area contributed by atoms with E-state index in [1.54, 1.807) is 13.3 Å². The summed E-state index contributed by atoms with van der Waals surface area (Å²) in [6, 6.07) is -0.0343. The van der Waals surface area contributed by atoms with Crippen LogP contribution in [0.2, 0.25) is 0 Å². The number of ether oxygens (including phenoxy) is 1. The van der Waals surface area contributed by atoms with E-state index in [-0.39, 0.29) is 11.6 Å². The van der Waals surface area contributed by atoms with Crippen LogP contribution < -0.4 is 16.0 Å². The molecule has 0 spiro atoms. The molecule has 0 amide bonds. The Morgan fingerprint density at radius 3 is 2.57 bits per heavy atom. The molecule has 1 aromatic rings. The van der Waals surface area contributed by atoms with Crippen molar-refractivity contribution in [3.05, 3.63) is 11.9 Å². The van der Waals surface area contributed by atoms with E-state index >= 15 is 0 Å². The molecule has 21 heavy (non-hydrogen) atoms. The van der Waals surface area contributed by atoms with Crippen molar-refractivity contribution >= 4 is 0 Å². The lowest BCUT2D eigenvalue weighted by Gasteiger charge is -2.45. The molecule has 3 N–H and O–H groups in total. The quantitative estimate of drug-likeness (QED) is 0.617. The number of piperidine rings is 1. The van der Waals surface area contributed by atoms with Crippen LogP contribution >= 0.6 is 0 Å². The zero-order valence-electron chi connectivity index (χ0n) is 13.7. The van der Waals surface area contributed by atoms with Gasteiger partial charge in [-0.1, -0.05) is 6.42 Å². The van der Waals surface area contributed by atoms with Gasteiger partial charge in [-0.15, -0.1) is 0 Å². The molecule has 1 fully saturated rings. The Kier molecular flexibility index (Phi) is 5.24. The molecule has 0 aliphatic carbocycles. The third-order valence-corrected chi connectivity index (χ3v) is 4.68. The number of nitrogens with zero attached hydrogens (tertiary/aromatic N) is 3. The van der Waals surface area contributed by atoms with E-state index in [1.807, 2.05) is 4.68 Å². The van der Waals surface area contributed by atoms with Gasteiger partial charge in [-0.05, 0) is 46.7 Å². The van der Waals surface area contributed by atoms with Gasteiger partial charge in [0.25, 0.3) is 0 Å². The van der Waals surface area contributed by atoms with Gasteiger partial charge < -0.3 is 4.74 Å². The molecule has 0 saturated carbocycles.